The molecule has 174 valence electrons. The van der Waals surface area contributed by atoms with Crippen LogP contribution in [0.25, 0.3) is 10.9 Å². The predicted octanol–water partition coefficient (Wildman–Crippen LogP) is 5.59. The zero-order chi connectivity index (χ0) is 24.5. The molecule has 0 aliphatic heterocycles. The van der Waals surface area contributed by atoms with Gasteiger partial charge in [-0.2, -0.15) is 0 Å². The lowest BCUT2D eigenvalue weighted by Gasteiger charge is -2.23. The largest absolute Gasteiger partial charge is 0.493 e. The van der Waals surface area contributed by atoms with Gasteiger partial charge in [-0.1, -0.05) is 33.6 Å². The molecule has 0 spiro atoms. The van der Waals surface area contributed by atoms with Crippen molar-refractivity contribution in [2.45, 2.75) is 11.8 Å². The first-order valence-electron chi connectivity index (χ1n) is 9.95. The summed E-state index contributed by atoms with van der Waals surface area (Å²) in [7, 11) is -4.17. The number of H-pyrrole nitrogens is 1. The number of fused-ring (bicyclic) bond motifs is 1. The molecule has 11 heteroatoms. The Morgan fingerprint density at radius 3 is 2.44 bits per heavy atom. The fourth-order valence-corrected chi connectivity index (χ4v) is 5.03. The van der Waals surface area contributed by atoms with Crippen molar-refractivity contribution in [3.8, 4) is 5.88 Å². The number of sulfonamides is 1. The van der Waals surface area contributed by atoms with Gasteiger partial charge in [-0.15, -0.1) is 10.2 Å². The van der Waals surface area contributed by atoms with Crippen LogP contribution in [0.2, 0.25) is 0 Å². The van der Waals surface area contributed by atoms with Crippen molar-refractivity contribution in [2.75, 3.05) is 10.8 Å². The Labute approximate surface area is 202 Å². The second-order valence-electron chi connectivity index (χ2n) is 7.41. The van der Waals surface area contributed by atoms with E-state index in [1.165, 1.54) is 24.3 Å². The van der Waals surface area contributed by atoms with Gasteiger partial charge in [0.1, 0.15) is 12.4 Å². The van der Waals surface area contributed by atoms with Crippen LogP contribution < -0.4 is 4.31 Å². The second-order valence-corrected chi connectivity index (χ2v) is 10.2. The quantitative estimate of drug-likeness (QED) is 0.308. The number of halogens is 2. The number of aromatic amines is 1. The van der Waals surface area contributed by atoms with Gasteiger partial charge in [0.2, 0.25) is 5.88 Å². The Balaban J connectivity index is 1.67. The highest BCUT2D eigenvalue weighted by atomic mass is 79.9. The number of aromatic hydroxyl groups is 1. The molecule has 1 heterocycles. The number of aryl methyl sites for hydroxylation is 1. The van der Waals surface area contributed by atoms with Crippen LogP contribution >= 0.6 is 15.9 Å². The normalized spacial score (nSPS) is 11.9. The summed E-state index contributed by atoms with van der Waals surface area (Å²) in [6.45, 7) is 1.13. The number of benzene rings is 3. The molecule has 1 aromatic heterocycles. The highest BCUT2D eigenvalue weighted by molar-refractivity contribution is 9.10. The van der Waals surface area contributed by atoms with Crippen molar-refractivity contribution in [1.82, 2.24) is 4.98 Å². The van der Waals surface area contributed by atoms with E-state index in [0.717, 1.165) is 26.5 Å². The first-order valence-corrected chi connectivity index (χ1v) is 12.2. The van der Waals surface area contributed by atoms with E-state index in [1.807, 2.05) is 6.92 Å². The summed E-state index contributed by atoms with van der Waals surface area (Å²) >= 11 is 3.33. The molecular formula is C23H18BrFN4O4S. The number of carbonyl (C=O) groups excluding carboxylic acids is 1. The molecule has 0 saturated heterocycles. The summed E-state index contributed by atoms with van der Waals surface area (Å²) in [5.41, 5.74) is 1.57. The fraction of sp³-hybridized carbons (Fsp3) is 0.0870. The van der Waals surface area contributed by atoms with Crippen LogP contribution in [0.15, 0.2) is 86.3 Å². The molecule has 0 unspecified atom stereocenters. The van der Waals surface area contributed by atoms with Crippen molar-refractivity contribution < 1.29 is 22.7 Å². The summed E-state index contributed by atoms with van der Waals surface area (Å²) in [4.78, 5) is 15.4. The van der Waals surface area contributed by atoms with Gasteiger partial charge >= 0.3 is 0 Å². The summed E-state index contributed by atoms with van der Waals surface area (Å²) < 4.78 is 41.7. The highest BCUT2D eigenvalue weighted by Gasteiger charge is 2.27. The lowest BCUT2D eigenvalue weighted by atomic mass is 10.2. The molecule has 3 aromatic carbocycles. The molecule has 2 N–H and O–H groups in total. The van der Waals surface area contributed by atoms with Crippen molar-refractivity contribution in [2.24, 2.45) is 10.2 Å². The topological polar surface area (TPSA) is 115 Å². The number of nitrogens with one attached hydrogen (secondary N) is 1. The number of rotatable bonds is 6. The van der Waals surface area contributed by atoms with E-state index >= 15 is 0 Å². The molecule has 0 atom stereocenters. The lowest BCUT2D eigenvalue weighted by molar-refractivity contribution is -0.116. The SMILES string of the molecule is Cc1ccc(S(=O)(=O)N(CC(=O)N=Nc2c(O)[nH]c3ccc(Br)cc23)c2ccc(F)cc2)cc1. The third-order valence-electron chi connectivity index (χ3n) is 4.98. The molecule has 4 rings (SSSR count). The average molecular weight is 545 g/mol. The minimum Gasteiger partial charge on any atom is -0.493 e. The van der Waals surface area contributed by atoms with Gasteiger partial charge in [0.25, 0.3) is 15.9 Å². The van der Waals surface area contributed by atoms with Gasteiger partial charge in [0.15, 0.2) is 5.69 Å². The van der Waals surface area contributed by atoms with Crippen molar-refractivity contribution in [1.29, 1.82) is 0 Å². The minimum absolute atomic E-state index is 0.0358. The van der Waals surface area contributed by atoms with E-state index in [9.17, 15) is 22.7 Å². The molecule has 1 amide bonds. The molecule has 0 radical (unpaired) electrons. The van der Waals surface area contributed by atoms with Gasteiger partial charge in [-0.25, -0.2) is 12.8 Å². The number of nitrogens with zero attached hydrogens (tertiary/aromatic N) is 3. The van der Waals surface area contributed by atoms with Crippen molar-refractivity contribution in [3.63, 3.8) is 0 Å². The summed E-state index contributed by atoms with van der Waals surface area (Å²) in [5.74, 6) is -1.72. The Kier molecular flexibility index (Phi) is 6.49. The van der Waals surface area contributed by atoms with Gasteiger partial charge in [0, 0.05) is 9.86 Å². The zero-order valence-electron chi connectivity index (χ0n) is 17.7. The summed E-state index contributed by atoms with van der Waals surface area (Å²) in [6.07, 6.45) is 0. The van der Waals surface area contributed by atoms with E-state index in [1.54, 1.807) is 30.3 Å². The molecule has 4 aromatic rings. The molecule has 0 aliphatic rings. The number of hydrogen-bond acceptors (Lipinski definition) is 5. The minimum atomic E-state index is -4.17. The van der Waals surface area contributed by atoms with Crippen LogP contribution in [-0.2, 0) is 14.8 Å². The molecule has 0 fully saturated rings. The molecule has 8 nitrogen and oxygen atoms in total. The smallest absolute Gasteiger partial charge is 0.285 e. The molecule has 0 aliphatic carbocycles. The molecule has 0 saturated carbocycles. The third-order valence-corrected chi connectivity index (χ3v) is 7.26. The van der Waals surface area contributed by atoms with Gasteiger partial charge < -0.3 is 10.1 Å². The monoisotopic (exact) mass is 544 g/mol. The maximum Gasteiger partial charge on any atom is 0.285 e. The molecule has 0 bridgehead atoms. The van der Waals surface area contributed by atoms with E-state index in [-0.39, 0.29) is 22.2 Å². The maximum absolute atomic E-state index is 13.4. The van der Waals surface area contributed by atoms with Gasteiger partial charge in [-0.05, 0) is 61.5 Å². The fourth-order valence-electron chi connectivity index (χ4n) is 3.26. The standard InChI is InChI=1S/C23H18BrFN4O4S/c1-14-2-9-18(10-3-14)34(32,33)29(17-7-5-16(25)6-8-17)13-21(30)27-28-22-19-12-15(24)4-11-20(19)26-23(22)31/h2-12,26,31H,13H2,1H3. The second kappa shape index (κ2) is 9.35. The van der Waals surface area contributed by atoms with Crippen molar-refractivity contribution in [3.05, 3.63) is 82.6 Å². The number of carbonyl (C=O) groups is 1. The van der Waals surface area contributed by atoms with E-state index in [0.29, 0.717) is 10.9 Å². The summed E-state index contributed by atoms with van der Waals surface area (Å²) in [5, 5.41) is 18.1. The van der Waals surface area contributed by atoms with Crippen LogP contribution in [0.3, 0.4) is 0 Å². The van der Waals surface area contributed by atoms with E-state index in [4.69, 9.17) is 0 Å². The lowest BCUT2D eigenvalue weighted by Crippen LogP contribution is -2.35. The highest BCUT2D eigenvalue weighted by Crippen LogP contribution is 2.37. The Morgan fingerprint density at radius 2 is 1.76 bits per heavy atom. The average Bonchev–Trinajstić information content (AvgIpc) is 3.11. The maximum atomic E-state index is 13.4. The van der Waals surface area contributed by atoms with Crippen LogP contribution in [0.1, 0.15) is 5.56 Å². The Morgan fingerprint density at radius 1 is 1.09 bits per heavy atom. The number of hydrogen-bond donors (Lipinski definition) is 2. The van der Waals surface area contributed by atoms with Gasteiger partial charge in [0.05, 0.1) is 16.1 Å². The predicted molar refractivity (Wildman–Crippen MR) is 129 cm³/mol. The molecular weight excluding hydrogens is 527 g/mol. The Bertz CT molecular complexity index is 1500. The zero-order valence-corrected chi connectivity index (χ0v) is 20.1. The molecule has 34 heavy (non-hydrogen) atoms. The van der Waals surface area contributed by atoms with Crippen LogP contribution in [0.4, 0.5) is 15.8 Å². The van der Waals surface area contributed by atoms with Crippen LogP contribution in [0, 0.1) is 12.7 Å². The van der Waals surface area contributed by atoms with Gasteiger partial charge in [-0.3, -0.25) is 9.10 Å². The first-order chi connectivity index (χ1) is 16.1. The van der Waals surface area contributed by atoms with Crippen LogP contribution in [0.5, 0.6) is 5.88 Å². The van der Waals surface area contributed by atoms with E-state index < -0.39 is 28.3 Å². The number of aromatic nitrogens is 1. The summed E-state index contributed by atoms with van der Waals surface area (Å²) in [6, 6.07) is 16.0. The number of anilines is 1. The van der Waals surface area contributed by atoms with E-state index in [2.05, 4.69) is 31.1 Å². The Hall–Kier alpha value is -3.57. The van der Waals surface area contributed by atoms with Crippen molar-refractivity contribution >= 4 is 54.1 Å². The number of azo groups is 1. The number of amides is 1. The third kappa shape index (κ3) is 4.85. The van der Waals surface area contributed by atoms with Crippen LogP contribution in [-0.4, -0.2) is 31.0 Å². The first kappa shape index (κ1) is 23.6.